The van der Waals surface area contributed by atoms with Crippen LogP contribution in [0.2, 0.25) is 0 Å². The van der Waals surface area contributed by atoms with Crippen LogP contribution in [0.25, 0.3) is 0 Å². The van der Waals surface area contributed by atoms with E-state index in [-0.39, 0.29) is 0 Å². The zero-order valence-electron chi connectivity index (χ0n) is 11.0. The molecule has 0 amide bonds. The van der Waals surface area contributed by atoms with Gasteiger partial charge in [0.15, 0.2) is 0 Å². The molecular formula is C15H18N2O2. The van der Waals surface area contributed by atoms with Crippen molar-refractivity contribution < 1.29 is 9.47 Å². The minimum atomic E-state index is 0.439. The number of nitrogens with two attached hydrogens (primary N) is 1. The molecule has 0 atom stereocenters. The Hall–Kier alpha value is -1.91. The van der Waals surface area contributed by atoms with Gasteiger partial charge in [-0.3, -0.25) is 4.98 Å². The van der Waals surface area contributed by atoms with Crippen LogP contribution >= 0.6 is 0 Å². The minimum absolute atomic E-state index is 0.439. The van der Waals surface area contributed by atoms with E-state index in [2.05, 4.69) is 4.98 Å². The number of benzene rings is 1. The van der Waals surface area contributed by atoms with Crippen molar-refractivity contribution >= 4 is 0 Å². The molecule has 1 aromatic heterocycles. The number of hydrogen-bond acceptors (Lipinski definition) is 4. The van der Waals surface area contributed by atoms with Crippen molar-refractivity contribution in [2.45, 2.75) is 13.0 Å². The van der Waals surface area contributed by atoms with Crippen LogP contribution in [0, 0.1) is 0 Å². The van der Waals surface area contributed by atoms with Gasteiger partial charge in [-0.2, -0.15) is 0 Å². The summed E-state index contributed by atoms with van der Waals surface area (Å²) >= 11 is 0. The molecule has 0 saturated heterocycles. The molecule has 0 bridgehead atoms. The maximum Gasteiger partial charge on any atom is 0.145 e. The van der Waals surface area contributed by atoms with Crippen LogP contribution in [0.5, 0.6) is 11.5 Å². The summed E-state index contributed by atoms with van der Waals surface area (Å²) in [6.45, 7) is 1.17. The van der Waals surface area contributed by atoms with Crippen molar-refractivity contribution in [1.82, 2.24) is 4.98 Å². The Morgan fingerprint density at radius 3 is 2.37 bits per heavy atom. The summed E-state index contributed by atoms with van der Waals surface area (Å²) in [5, 5.41) is 0. The molecule has 1 heterocycles. The Kier molecular flexibility index (Phi) is 4.89. The topological polar surface area (TPSA) is 57.4 Å². The van der Waals surface area contributed by atoms with Crippen LogP contribution in [-0.2, 0) is 17.7 Å². The second-order valence-electron chi connectivity index (χ2n) is 4.18. The van der Waals surface area contributed by atoms with Crippen LogP contribution in [0.15, 0.2) is 42.6 Å². The maximum absolute atomic E-state index is 5.70. The van der Waals surface area contributed by atoms with E-state index in [4.69, 9.17) is 15.2 Å². The molecule has 0 unspecified atom stereocenters. The lowest BCUT2D eigenvalue weighted by atomic mass is 10.1. The predicted molar refractivity (Wildman–Crippen MR) is 74.2 cm³/mol. The SMILES string of the molecule is COCCc1ccc(Oc2ccc(CN)nc2)cc1. The van der Waals surface area contributed by atoms with Gasteiger partial charge in [-0.1, -0.05) is 12.1 Å². The highest BCUT2D eigenvalue weighted by Crippen LogP contribution is 2.21. The Morgan fingerprint density at radius 2 is 1.79 bits per heavy atom. The number of nitrogens with zero attached hydrogens (tertiary/aromatic N) is 1. The van der Waals surface area contributed by atoms with Crippen molar-refractivity contribution in [2.24, 2.45) is 5.73 Å². The van der Waals surface area contributed by atoms with E-state index in [0.717, 1.165) is 24.5 Å². The molecule has 1 aromatic carbocycles. The van der Waals surface area contributed by atoms with Gasteiger partial charge in [0.1, 0.15) is 11.5 Å². The second kappa shape index (κ2) is 6.87. The molecule has 0 aliphatic heterocycles. The fourth-order valence-electron chi connectivity index (χ4n) is 1.67. The van der Waals surface area contributed by atoms with E-state index in [1.54, 1.807) is 13.3 Å². The highest BCUT2D eigenvalue weighted by Gasteiger charge is 1.99. The minimum Gasteiger partial charge on any atom is -0.456 e. The van der Waals surface area contributed by atoms with Crippen LogP contribution in [-0.4, -0.2) is 18.7 Å². The Morgan fingerprint density at radius 1 is 1.05 bits per heavy atom. The Balaban J connectivity index is 1.98. The number of pyridine rings is 1. The predicted octanol–water partition coefficient (Wildman–Crippen LogP) is 2.52. The van der Waals surface area contributed by atoms with Crippen LogP contribution in [0.4, 0.5) is 0 Å². The third-order valence-electron chi connectivity index (χ3n) is 2.76. The molecule has 0 spiro atoms. The molecule has 4 heteroatoms. The average Bonchev–Trinajstić information content (AvgIpc) is 2.47. The second-order valence-corrected chi connectivity index (χ2v) is 4.18. The lowest BCUT2D eigenvalue weighted by Crippen LogP contribution is -1.98. The fourth-order valence-corrected chi connectivity index (χ4v) is 1.67. The highest BCUT2D eigenvalue weighted by atomic mass is 16.5. The van der Waals surface area contributed by atoms with Gasteiger partial charge in [0, 0.05) is 13.7 Å². The zero-order valence-corrected chi connectivity index (χ0v) is 11.0. The standard InChI is InChI=1S/C15H18N2O2/c1-18-9-8-12-2-5-14(6-3-12)19-15-7-4-13(10-16)17-11-15/h2-7,11H,8-10,16H2,1H3. The molecule has 100 valence electrons. The summed E-state index contributed by atoms with van der Waals surface area (Å²) in [5.74, 6) is 1.50. The van der Waals surface area contributed by atoms with E-state index in [1.807, 2.05) is 36.4 Å². The normalized spacial score (nSPS) is 10.4. The van der Waals surface area contributed by atoms with E-state index in [1.165, 1.54) is 5.56 Å². The van der Waals surface area contributed by atoms with Crippen LogP contribution in [0.1, 0.15) is 11.3 Å². The monoisotopic (exact) mass is 258 g/mol. The van der Waals surface area contributed by atoms with Crippen molar-refractivity contribution in [2.75, 3.05) is 13.7 Å². The van der Waals surface area contributed by atoms with Gasteiger partial charge in [-0.05, 0) is 36.2 Å². The summed E-state index contributed by atoms with van der Waals surface area (Å²) < 4.78 is 10.7. The van der Waals surface area contributed by atoms with E-state index < -0.39 is 0 Å². The molecule has 0 aliphatic rings. The van der Waals surface area contributed by atoms with Gasteiger partial charge < -0.3 is 15.2 Å². The van der Waals surface area contributed by atoms with Gasteiger partial charge in [0.25, 0.3) is 0 Å². The summed E-state index contributed by atoms with van der Waals surface area (Å²) in [6, 6.07) is 11.7. The summed E-state index contributed by atoms with van der Waals surface area (Å²) in [4.78, 5) is 4.18. The van der Waals surface area contributed by atoms with E-state index >= 15 is 0 Å². The van der Waals surface area contributed by atoms with Crippen LogP contribution < -0.4 is 10.5 Å². The van der Waals surface area contributed by atoms with E-state index in [0.29, 0.717) is 12.3 Å². The zero-order chi connectivity index (χ0) is 13.5. The molecule has 0 aliphatic carbocycles. The molecule has 4 nitrogen and oxygen atoms in total. The Labute approximate surface area is 113 Å². The third kappa shape index (κ3) is 4.05. The lowest BCUT2D eigenvalue weighted by Gasteiger charge is -2.07. The van der Waals surface area contributed by atoms with E-state index in [9.17, 15) is 0 Å². The van der Waals surface area contributed by atoms with Gasteiger partial charge in [-0.25, -0.2) is 0 Å². The molecular weight excluding hydrogens is 240 g/mol. The van der Waals surface area contributed by atoms with Crippen LogP contribution in [0.3, 0.4) is 0 Å². The molecule has 2 rings (SSSR count). The third-order valence-corrected chi connectivity index (χ3v) is 2.76. The lowest BCUT2D eigenvalue weighted by molar-refractivity contribution is 0.202. The van der Waals surface area contributed by atoms with Crippen molar-refractivity contribution in [3.8, 4) is 11.5 Å². The summed E-state index contributed by atoms with van der Waals surface area (Å²) in [5.41, 5.74) is 7.57. The first-order valence-electron chi connectivity index (χ1n) is 6.22. The van der Waals surface area contributed by atoms with Gasteiger partial charge in [0.2, 0.25) is 0 Å². The van der Waals surface area contributed by atoms with Crippen molar-refractivity contribution in [1.29, 1.82) is 0 Å². The number of methoxy groups -OCH3 is 1. The first-order chi connectivity index (χ1) is 9.31. The molecule has 2 aromatic rings. The highest BCUT2D eigenvalue weighted by molar-refractivity contribution is 5.32. The molecule has 2 N–H and O–H groups in total. The molecule has 0 saturated carbocycles. The molecule has 19 heavy (non-hydrogen) atoms. The summed E-state index contributed by atoms with van der Waals surface area (Å²) in [7, 11) is 1.70. The first kappa shape index (κ1) is 13.5. The molecule has 0 radical (unpaired) electrons. The fraction of sp³-hybridized carbons (Fsp3) is 0.267. The summed E-state index contributed by atoms with van der Waals surface area (Å²) in [6.07, 6.45) is 2.59. The number of aromatic nitrogens is 1. The largest absolute Gasteiger partial charge is 0.456 e. The van der Waals surface area contributed by atoms with Gasteiger partial charge in [0.05, 0.1) is 18.5 Å². The number of rotatable bonds is 6. The number of ether oxygens (including phenoxy) is 2. The molecule has 0 fully saturated rings. The number of hydrogen-bond donors (Lipinski definition) is 1. The van der Waals surface area contributed by atoms with Crippen molar-refractivity contribution in [3.05, 3.63) is 53.9 Å². The average molecular weight is 258 g/mol. The quantitative estimate of drug-likeness (QED) is 0.865. The van der Waals surface area contributed by atoms with Gasteiger partial charge in [-0.15, -0.1) is 0 Å². The Bertz CT molecular complexity index is 495. The first-order valence-corrected chi connectivity index (χ1v) is 6.22. The van der Waals surface area contributed by atoms with Gasteiger partial charge >= 0.3 is 0 Å². The van der Waals surface area contributed by atoms with Crippen molar-refractivity contribution in [3.63, 3.8) is 0 Å². The maximum atomic E-state index is 5.70. The smallest absolute Gasteiger partial charge is 0.145 e.